The molecule has 0 N–H and O–H groups in total. The van der Waals surface area contributed by atoms with E-state index in [1.807, 2.05) is 17.8 Å². The Bertz CT molecular complexity index is 796. The third-order valence-electron chi connectivity index (χ3n) is 6.03. The Balaban J connectivity index is 2.12. The van der Waals surface area contributed by atoms with Crippen molar-refractivity contribution in [2.24, 2.45) is 0 Å². The molecule has 4 heteroatoms. The summed E-state index contributed by atoms with van der Waals surface area (Å²) in [6.45, 7) is 6.96. The normalized spacial score (nSPS) is 15.9. The molecule has 1 unspecified atom stereocenters. The fraction of sp³-hybridized carbons (Fsp3) is 0.500. The van der Waals surface area contributed by atoms with Gasteiger partial charge in [-0.1, -0.05) is 0 Å². The van der Waals surface area contributed by atoms with Gasteiger partial charge in [-0.2, -0.15) is 0 Å². The van der Waals surface area contributed by atoms with Crippen molar-refractivity contribution in [3.8, 4) is 0 Å². The molecule has 3 rings (SSSR count). The first kappa shape index (κ1) is 22.4. The summed E-state index contributed by atoms with van der Waals surface area (Å²) in [5.41, 5.74) is 0. The molecule has 1 aliphatic heterocycles. The first-order valence-electron chi connectivity index (χ1n) is 11.0. The fourth-order valence-electron chi connectivity index (χ4n) is 4.45. The molecule has 0 radical (unpaired) electrons. The standard InChI is InChI=1S/C12H7OS2.3C4H9.Sn/c13-15-11-7-3-1-5-9(11)14-10-6-2-4-8-12(10)15;3*1-3-4-2;/h1-7H;3*1,3-4H2,2H3;. The molecule has 0 saturated heterocycles. The van der Waals surface area contributed by atoms with Crippen molar-refractivity contribution in [2.45, 2.75) is 92.2 Å². The minimum atomic E-state index is -2.63. The summed E-state index contributed by atoms with van der Waals surface area (Å²) in [6, 6.07) is 15.1. The van der Waals surface area contributed by atoms with Crippen LogP contribution in [0.2, 0.25) is 13.3 Å². The number of unbranched alkanes of at least 4 members (excludes halogenated alkanes) is 3. The van der Waals surface area contributed by atoms with Gasteiger partial charge in [0.1, 0.15) is 0 Å². The van der Waals surface area contributed by atoms with Crippen LogP contribution in [-0.4, -0.2) is 22.6 Å². The Hall–Kier alpha value is -0.261. The molecule has 0 amide bonds. The molecule has 28 heavy (non-hydrogen) atoms. The fourth-order valence-corrected chi connectivity index (χ4v) is 26.1. The molecule has 152 valence electrons. The van der Waals surface area contributed by atoms with E-state index in [2.05, 4.69) is 57.2 Å². The molecule has 0 saturated carbocycles. The van der Waals surface area contributed by atoms with Crippen molar-refractivity contribution in [3.63, 3.8) is 0 Å². The van der Waals surface area contributed by atoms with Crippen molar-refractivity contribution in [2.75, 3.05) is 0 Å². The van der Waals surface area contributed by atoms with Gasteiger partial charge in [0.25, 0.3) is 0 Å². The van der Waals surface area contributed by atoms with Crippen LogP contribution >= 0.6 is 11.8 Å². The van der Waals surface area contributed by atoms with Gasteiger partial charge in [0.2, 0.25) is 0 Å². The molecule has 1 heterocycles. The van der Waals surface area contributed by atoms with Gasteiger partial charge < -0.3 is 0 Å². The van der Waals surface area contributed by atoms with Gasteiger partial charge in [0, 0.05) is 0 Å². The Morgan fingerprint density at radius 3 is 1.96 bits per heavy atom. The zero-order valence-electron chi connectivity index (χ0n) is 17.6. The topological polar surface area (TPSA) is 17.1 Å². The monoisotopic (exact) mass is 522 g/mol. The van der Waals surface area contributed by atoms with E-state index in [9.17, 15) is 4.21 Å². The molecule has 1 aliphatic rings. The van der Waals surface area contributed by atoms with E-state index >= 15 is 0 Å². The maximum absolute atomic E-state index is 13.7. The molecule has 0 fully saturated rings. The third kappa shape index (κ3) is 4.73. The molecule has 0 spiro atoms. The second-order valence-electron chi connectivity index (χ2n) is 8.04. The first-order valence-corrected chi connectivity index (χ1v) is 20.4. The van der Waals surface area contributed by atoms with Crippen LogP contribution < -0.4 is 3.58 Å². The van der Waals surface area contributed by atoms with Crippen molar-refractivity contribution < 1.29 is 4.21 Å². The van der Waals surface area contributed by atoms with E-state index < -0.39 is 29.2 Å². The quantitative estimate of drug-likeness (QED) is 0.259. The van der Waals surface area contributed by atoms with E-state index in [-0.39, 0.29) is 0 Å². The predicted octanol–water partition coefficient (Wildman–Crippen LogP) is 7.37. The molecule has 0 aliphatic carbocycles. The van der Waals surface area contributed by atoms with Gasteiger partial charge in [0.05, 0.1) is 0 Å². The molecule has 2 aromatic carbocycles. The summed E-state index contributed by atoms with van der Waals surface area (Å²) >= 11 is -0.800. The van der Waals surface area contributed by atoms with E-state index in [0.717, 1.165) is 4.90 Å². The molecule has 0 aromatic heterocycles. The molecule has 1 atom stereocenters. The van der Waals surface area contributed by atoms with E-state index in [1.165, 1.54) is 66.5 Å². The number of benzene rings is 2. The second kappa shape index (κ2) is 10.7. The van der Waals surface area contributed by atoms with Crippen molar-refractivity contribution >= 4 is 44.5 Å². The molecule has 0 bridgehead atoms. The van der Waals surface area contributed by atoms with Gasteiger partial charge in [-0.05, 0) is 0 Å². The summed E-state index contributed by atoms with van der Waals surface area (Å²) in [6.07, 6.45) is 7.82. The second-order valence-corrected chi connectivity index (χ2v) is 23.6. The molecular weight excluding hydrogens is 487 g/mol. The van der Waals surface area contributed by atoms with Crippen LogP contribution in [0, 0.1) is 0 Å². The molecule has 2 aromatic rings. The van der Waals surface area contributed by atoms with Gasteiger partial charge in [-0.15, -0.1) is 0 Å². The zero-order valence-corrected chi connectivity index (χ0v) is 22.1. The van der Waals surface area contributed by atoms with E-state index in [0.29, 0.717) is 0 Å². The summed E-state index contributed by atoms with van der Waals surface area (Å²) in [5.74, 6) is 0. The van der Waals surface area contributed by atoms with Crippen LogP contribution in [0.1, 0.15) is 59.3 Å². The average Bonchev–Trinajstić information content (AvgIpc) is 2.73. The third-order valence-corrected chi connectivity index (χ3v) is 25.2. The van der Waals surface area contributed by atoms with Crippen LogP contribution in [-0.2, 0) is 10.8 Å². The zero-order chi connectivity index (χ0) is 20.0. The van der Waals surface area contributed by atoms with Crippen LogP contribution in [0.5, 0.6) is 0 Å². The molecular formula is C24H34OS2Sn. The summed E-state index contributed by atoms with van der Waals surface area (Å²) in [7, 11) is -1.03. The van der Waals surface area contributed by atoms with Gasteiger partial charge in [0.15, 0.2) is 0 Å². The number of hydrogen-bond acceptors (Lipinski definition) is 2. The van der Waals surface area contributed by atoms with Crippen molar-refractivity contribution in [1.29, 1.82) is 0 Å². The summed E-state index contributed by atoms with van der Waals surface area (Å²) in [5, 5.41) is 0. The van der Waals surface area contributed by atoms with E-state index in [1.54, 1.807) is 3.58 Å². The Labute approximate surface area is 182 Å². The number of hydrogen-bond donors (Lipinski definition) is 0. The number of fused-ring (bicyclic) bond motifs is 2. The van der Waals surface area contributed by atoms with Crippen LogP contribution in [0.3, 0.4) is 0 Å². The SMILES string of the molecule is CCC[CH2][Sn]([CH2]CCC)([CH2]CCC)[c]1cccc2c1S(=O)c1ccccc1S2. The molecule has 1 nitrogen and oxygen atoms in total. The van der Waals surface area contributed by atoms with Crippen LogP contribution in [0.25, 0.3) is 0 Å². The Kier molecular flexibility index (Phi) is 8.55. The Morgan fingerprint density at radius 2 is 1.36 bits per heavy atom. The van der Waals surface area contributed by atoms with Crippen LogP contribution in [0.15, 0.2) is 62.0 Å². The van der Waals surface area contributed by atoms with Gasteiger partial charge >= 0.3 is 183 Å². The number of rotatable bonds is 10. The summed E-state index contributed by atoms with van der Waals surface area (Å²) < 4.78 is 19.6. The maximum atomic E-state index is 13.7. The van der Waals surface area contributed by atoms with Crippen molar-refractivity contribution in [3.05, 3.63) is 42.5 Å². The predicted molar refractivity (Wildman–Crippen MR) is 126 cm³/mol. The van der Waals surface area contributed by atoms with E-state index in [4.69, 9.17) is 0 Å². The first-order chi connectivity index (χ1) is 13.7. The average molecular weight is 521 g/mol. The van der Waals surface area contributed by atoms with Gasteiger partial charge in [-0.25, -0.2) is 0 Å². The van der Waals surface area contributed by atoms with Crippen LogP contribution in [0.4, 0.5) is 0 Å². The van der Waals surface area contributed by atoms with Gasteiger partial charge in [-0.3, -0.25) is 0 Å². The summed E-state index contributed by atoms with van der Waals surface area (Å²) in [4.78, 5) is 4.64. The Morgan fingerprint density at radius 1 is 0.786 bits per heavy atom. The minimum absolute atomic E-state index is 1.02. The van der Waals surface area contributed by atoms with Crippen molar-refractivity contribution in [1.82, 2.24) is 0 Å².